The highest BCUT2D eigenvalue weighted by atomic mass is 16.2. The average molecular weight is 928 g/mol. The SMILES string of the molecule is CCCCCCCCCCCCCCCC(=O)NC(=O)C1CC(C(=O)NC(=O)CCCCCCCCCCCCCCC)CC(C(=O)NC(=O)CCCCCCCCCCCCCCC)C1. The molecule has 0 heterocycles. The Morgan fingerprint density at radius 3 is 0.576 bits per heavy atom. The fourth-order valence-electron chi connectivity index (χ4n) is 9.78. The van der Waals surface area contributed by atoms with E-state index in [1.54, 1.807) is 0 Å². The molecular weight excluding hydrogens is 823 g/mol. The second-order valence-electron chi connectivity index (χ2n) is 20.5. The monoisotopic (exact) mass is 928 g/mol. The second kappa shape index (κ2) is 44.9. The zero-order valence-corrected chi connectivity index (χ0v) is 43.5. The first-order chi connectivity index (χ1) is 32.2. The van der Waals surface area contributed by atoms with Crippen LogP contribution in [-0.4, -0.2) is 35.4 Å². The van der Waals surface area contributed by atoms with Gasteiger partial charge in [0.25, 0.3) is 0 Å². The maximum atomic E-state index is 13.5. The summed E-state index contributed by atoms with van der Waals surface area (Å²) in [5, 5.41) is 7.66. The normalized spacial score (nSPS) is 16.0. The summed E-state index contributed by atoms with van der Waals surface area (Å²) in [6.07, 6.45) is 48.2. The summed E-state index contributed by atoms with van der Waals surface area (Å²) in [4.78, 5) is 79.1. The van der Waals surface area contributed by atoms with Crippen LogP contribution in [-0.2, 0) is 28.8 Å². The van der Waals surface area contributed by atoms with Gasteiger partial charge in [0.1, 0.15) is 0 Å². The minimum Gasteiger partial charge on any atom is -0.296 e. The maximum absolute atomic E-state index is 13.5. The van der Waals surface area contributed by atoms with Gasteiger partial charge in [-0.1, -0.05) is 252 Å². The first-order valence-corrected chi connectivity index (χ1v) is 28.7. The van der Waals surface area contributed by atoms with Crippen LogP contribution >= 0.6 is 0 Å². The standard InChI is InChI=1S/C57H105N3O6/c1-4-7-10-13-16-19-22-25-28-31-34-37-40-43-52(61)58-55(64)49-46-50(56(65)59-53(62)44-41-38-35-32-29-26-23-20-17-14-11-8-5-2)48-51(47-49)57(66)60-54(63)45-42-39-36-33-30-27-24-21-18-15-12-9-6-3/h49-51H,4-48H2,1-3H3,(H,58,61,64)(H,59,62,65)(H,60,63,66). The van der Waals surface area contributed by atoms with E-state index in [0.29, 0.717) is 19.3 Å². The topological polar surface area (TPSA) is 139 Å². The Hall–Kier alpha value is -2.58. The number of amides is 6. The molecule has 0 aromatic carbocycles. The molecule has 1 aliphatic rings. The smallest absolute Gasteiger partial charge is 0.229 e. The van der Waals surface area contributed by atoms with Crippen molar-refractivity contribution in [3.8, 4) is 0 Å². The summed E-state index contributed by atoms with van der Waals surface area (Å²) < 4.78 is 0. The Morgan fingerprint density at radius 2 is 0.409 bits per heavy atom. The van der Waals surface area contributed by atoms with Crippen molar-refractivity contribution < 1.29 is 28.8 Å². The number of carbonyl (C=O) groups excluding carboxylic acids is 6. The van der Waals surface area contributed by atoms with Crippen LogP contribution in [0.15, 0.2) is 0 Å². The van der Waals surface area contributed by atoms with Crippen LogP contribution < -0.4 is 16.0 Å². The molecule has 0 aromatic heterocycles. The highest BCUT2D eigenvalue weighted by Gasteiger charge is 2.40. The van der Waals surface area contributed by atoms with Gasteiger partial charge in [-0.05, 0) is 38.5 Å². The van der Waals surface area contributed by atoms with Crippen LogP contribution in [0.2, 0.25) is 0 Å². The van der Waals surface area contributed by atoms with Gasteiger partial charge in [0.05, 0.1) is 0 Å². The molecule has 0 atom stereocenters. The number of rotatable bonds is 45. The molecular formula is C57H105N3O6. The van der Waals surface area contributed by atoms with Crippen molar-refractivity contribution in [1.82, 2.24) is 16.0 Å². The van der Waals surface area contributed by atoms with E-state index in [1.807, 2.05) is 0 Å². The molecule has 384 valence electrons. The van der Waals surface area contributed by atoms with E-state index < -0.39 is 35.5 Å². The third-order valence-corrected chi connectivity index (χ3v) is 14.1. The van der Waals surface area contributed by atoms with Crippen molar-refractivity contribution in [3.63, 3.8) is 0 Å². The maximum Gasteiger partial charge on any atom is 0.229 e. The van der Waals surface area contributed by atoms with Crippen molar-refractivity contribution in [1.29, 1.82) is 0 Å². The molecule has 0 aliphatic heterocycles. The summed E-state index contributed by atoms with van der Waals surface area (Å²) in [6, 6.07) is 0. The lowest BCUT2D eigenvalue weighted by molar-refractivity contribution is -0.138. The minimum absolute atomic E-state index is 0.145. The summed E-state index contributed by atoms with van der Waals surface area (Å²) >= 11 is 0. The van der Waals surface area contributed by atoms with E-state index in [2.05, 4.69) is 36.7 Å². The fourth-order valence-corrected chi connectivity index (χ4v) is 9.78. The molecule has 9 heteroatoms. The van der Waals surface area contributed by atoms with Gasteiger partial charge in [-0.3, -0.25) is 44.7 Å². The summed E-state index contributed by atoms with van der Waals surface area (Å²) in [6.45, 7) is 6.75. The molecule has 3 N–H and O–H groups in total. The van der Waals surface area contributed by atoms with Crippen LogP contribution in [0.25, 0.3) is 0 Å². The van der Waals surface area contributed by atoms with Gasteiger partial charge < -0.3 is 0 Å². The summed E-state index contributed by atoms with van der Waals surface area (Å²) in [7, 11) is 0. The lowest BCUT2D eigenvalue weighted by Crippen LogP contribution is -2.47. The number of hydrogen-bond donors (Lipinski definition) is 3. The molecule has 1 rings (SSSR count). The largest absolute Gasteiger partial charge is 0.296 e. The van der Waals surface area contributed by atoms with E-state index in [4.69, 9.17) is 0 Å². The van der Waals surface area contributed by atoms with Crippen molar-refractivity contribution >= 4 is 35.4 Å². The van der Waals surface area contributed by atoms with Gasteiger partial charge in [-0.25, -0.2) is 0 Å². The molecule has 66 heavy (non-hydrogen) atoms. The van der Waals surface area contributed by atoms with Crippen molar-refractivity contribution in [2.75, 3.05) is 0 Å². The van der Waals surface area contributed by atoms with Gasteiger partial charge in [-0.15, -0.1) is 0 Å². The van der Waals surface area contributed by atoms with Gasteiger partial charge in [0.2, 0.25) is 35.4 Å². The quantitative estimate of drug-likeness (QED) is 0.0520. The number of carbonyl (C=O) groups is 6. The van der Waals surface area contributed by atoms with E-state index in [1.165, 1.54) is 173 Å². The highest BCUT2D eigenvalue weighted by molar-refractivity contribution is 6.00. The van der Waals surface area contributed by atoms with Gasteiger partial charge >= 0.3 is 0 Å². The molecule has 1 saturated carbocycles. The van der Waals surface area contributed by atoms with E-state index in [9.17, 15) is 28.8 Å². The number of hydrogen-bond acceptors (Lipinski definition) is 6. The lowest BCUT2D eigenvalue weighted by Gasteiger charge is -2.32. The van der Waals surface area contributed by atoms with Gasteiger partial charge in [-0.2, -0.15) is 0 Å². The molecule has 9 nitrogen and oxygen atoms in total. The van der Waals surface area contributed by atoms with Crippen molar-refractivity contribution in [2.45, 2.75) is 310 Å². The summed E-state index contributed by atoms with van der Waals surface area (Å²) in [5.74, 6) is -4.73. The molecule has 6 amide bonds. The van der Waals surface area contributed by atoms with Crippen LogP contribution in [0.1, 0.15) is 310 Å². The Bertz CT molecular complexity index is 1090. The first kappa shape index (κ1) is 61.4. The van der Waals surface area contributed by atoms with E-state index in [0.717, 1.165) is 57.8 Å². The molecule has 0 bridgehead atoms. The Kier molecular flexibility index (Phi) is 41.8. The molecule has 1 fully saturated rings. The summed E-state index contributed by atoms with van der Waals surface area (Å²) in [5.41, 5.74) is 0. The Labute approximate surface area is 406 Å². The average Bonchev–Trinajstić information content (AvgIpc) is 3.30. The fraction of sp³-hybridized carbons (Fsp3) is 0.895. The van der Waals surface area contributed by atoms with Crippen LogP contribution in [0.4, 0.5) is 0 Å². The molecule has 0 spiro atoms. The highest BCUT2D eigenvalue weighted by Crippen LogP contribution is 2.34. The number of unbranched alkanes of at least 4 members (excludes halogenated alkanes) is 36. The third kappa shape index (κ3) is 36.5. The predicted molar refractivity (Wildman–Crippen MR) is 275 cm³/mol. The van der Waals surface area contributed by atoms with Crippen LogP contribution in [0.5, 0.6) is 0 Å². The van der Waals surface area contributed by atoms with Crippen LogP contribution in [0.3, 0.4) is 0 Å². The minimum atomic E-state index is -0.756. The Balaban J connectivity index is 2.54. The molecule has 0 aromatic rings. The number of imide groups is 3. The molecule has 0 unspecified atom stereocenters. The first-order valence-electron chi connectivity index (χ1n) is 28.7. The Morgan fingerprint density at radius 1 is 0.258 bits per heavy atom. The zero-order chi connectivity index (χ0) is 48.1. The molecule has 1 aliphatic carbocycles. The molecule has 0 radical (unpaired) electrons. The van der Waals surface area contributed by atoms with Gasteiger partial charge in [0, 0.05) is 37.0 Å². The lowest BCUT2D eigenvalue weighted by atomic mass is 9.74. The zero-order valence-electron chi connectivity index (χ0n) is 43.5. The van der Waals surface area contributed by atoms with Crippen molar-refractivity contribution in [3.05, 3.63) is 0 Å². The van der Waals surface area contributed by atoms with Crippen LogP contribution in [0, 0.1) is 17.8 Å². The van der Waals surface area contributed by atoms with E-state index in [-0.39, 0.29) is 56.2 Å². The molecule has 0 saturated heterocycles. The second-order valence-corrected chi connectivity index (χ2v) is 20.5. The van der Waals surface area contributed by atoms with Crippen molar-refractivity contribution in [2.24, 2.45) is 17.8 Å². The third-order valence-electron chi connectivity index (χ3n) is 14.1. The van der Waals surface area contributed by atoms with E-state index >= 15 is 0 Å². The predicted octanol–water partition coefficient (Wildman–Crippen LogP) is 15.4. The number of nitrogens with one attached hydrogen (secondary N) is 3. The van der Waals surface area contributed by atoms with Gasteiger partial charge in [0.15, 0.2) is 0 Å².